The summed E-state index contributed by atoms with van der Waals surface area (Å²) in [5, 5.41) is 12.3. The van der Waals surface area contributed by atoms with Crippen LogP contribution in [0.25, 0.3) is 0 Å². The van der Waals surface area contributed by atoms with E-state index in [0.29, 0.717) is 31.8 Å². The number of ether oxygens (including phenoxy) is 1. The quantitative estimate of drug-likeness (QED) is 0.570. The summed E-state index contributed by atoms with van der Waals surface area (Å²) in [6.07, 6.45) is 4.50. The van der Waals surface area contributed by atoms with Crippen molar-refractivity contribution in [2.75, 3.05) is 19.6 Å². The minimum absolute atomic E-state index is 0.0194. The first-order valence-electron chi connectivity index (χ1n) is 14.1. The Hall–Kier alpha value is -3.19. The molecule has 10 heteroatoms. The summed E-state index contributed by atoms with van der Waals surface area (Å²) in [6, 6.07) is 6.73. The Morgan fingerprint density at radius 1 is 1.18 bits per heavy atom. The molecule has 2 bridgehead atoms. The van der Waals surface area contributed by atoms with E-state index in [9.17, 15) is 24.0 Å². The molecule has 3 saturated heterocycles. The maximum atomic E-state index is 13.8. The Balaban J connectivity index is 1.33. The van der Waals surface area contributed by atoms with Crippen molar-refractivity contribution in [1.29, 1.82) is 5.26 Å². The van der Waals surface area contributed by atoms with E-state index in [1.54, 1.807) is 32.9 Å². The van der Waals surface area contributed by atoms with Gasteiger partial charge in [-0.1, -0.05) is 18.6 Å². The predicted molar refractivity (Wildman–Crippen MR) is 141 cm³/mol. The van der Waals surface area contributed by atoms with Crippen LogP contribution in [0.1, 0.15) is 70.9 Å². The first-order valence-corrected chi connectivity index (χ1v) is 14.1. The third-order valence-corrected chi connectivity index (χ3v) is 8.51. The first kappa shape index (κ1) is 27.4. The summed E-state index contributed by atoms with van der Waals surface area (Å²) in [5.74, 6) is -0.243. The standard InChI is InChI=1S/C29H38FN5O4/c1-29(2,3)39-28(38)32-23(26(36)34-13-5-8-21(34)15-31)17-33-16-22-14-24(33)27(37)35(22)25(18-6-4-7-18)19-9-11-20(30)12-10-19/h9-12,18,21-25H,4-8,13-14,16-17H2,1-3H3,(H,32,38)/t21-,22+,23-,24+,25-/m0/s1. The second kappa shape index (κ2) is 10.8. The predicted octanol–water partition coefficient (Wildman–Crippen LogP) is 3.36. The molecule has 0 unspecified atom stereocenters. The van der Waals surface area contributed by atoms with Crippen LogP contribution in [0, 0.1) is 23.1 Å². The van der Waals surface area contributed by atoms with Crippen LogP contribution in [0.15, 0.2) is 24.3 Å². The zero-order valence-corrected chi connectivity index (χ0v) is 22.9. The monoisotopic (exact) mass is 539 g/mol. The van der Waals surface area contributed by atoms with Gasteiger partial charge in [0.25, 0.3) is 0 Å². The highest BCUT2D eigenvalue weighted by Crippen LogP contribution is 2.47. The van der Waals surface area contributed by atoms with Gasteiger partial charge in [-0.2, -0.15) is 5.26 Å². The van der Waals surface area contributed by atoms with Gasteiger partial charge in [0.05, 0.1) is 18.2 Å². The third kappa shape index (κ3) is 5.60. The minimum Gasteiger partial charge on any atom is -0.444 e. The van der Waals surface area contributed by atoms with E-state index in [4.69, 9.17) is 4.74 Å². The van der Waals surface area contributed by atoms with Gasteiger partial charge >= 0.3 is 6.09 Å². The van der Waals surface area contributed by atoms with E-state index in [1.807, 2.05) is 9.80 Å². The summed E-state index contributed by atoms with van der Waals surface area (Å²) < 4.78 is 19.1. The molecule has 5 atom stereocenters. The summed E-state index contributed by atoms with van der Waals surface area (Å²) in [7, 11) is 0. The number of nitrogens with zero attached hydrogens (tertiary/aromatic N) is 4. The van der Waals surface area contributed by atoms with Crippen molar-refractivity contribution in [1.82, 2.24) is 20.0 Å². The average molecular weight is 540 g/mol. The molecule has 1 aromatic rings. The lowest BCUT2D eigenvalue weighted by atomic mass is 9.76. The topological polar surface area (TPSA) is 106 Å². The summed E-state index contributed by atoms with van der Waals surface area (Å²) in [6.45, 7) is 6.47. The molecule has 1 N–H and O–H groups in total. The molecule has 210 valence electrons. The van der Waals surface area contributed by atoms with Crippen LogP contribution in [0.5, 0.6) is 0 Å². The highest BCUT2D eigenvalue weighted by atomic mass is 19.1. The number of piperazine rings is 1. The summed E-state index contributed by atoms with van der Waals surface area (Å²) >= 11 is 0. The van der Waals surface area contributed by atoms with Crippen LogP contribution < -0.4 is 5.32 Å². The fourth-order valence-corrected chi connectivity index (χ4v) is 6.57. The maximum absolute atomic E-state index is 13.8. The number of carbonyl (C=O) groups is 3. The Morgan fingerprint density at radius 3 is 2.49 bits per heavy atom. The molecule has 5 rings (SSSR count). The van der Waals surface area contributed by atoms with Crippen molar-refractivity contribution in [2.24, 2.45) is 5.92 Å². The molecule has 1 aromatic carbocycles. The molecule has 0 spiro atoms. The smallest absolute Gasteiger partial charge is 0.408 e. The molecule has 3 amide bonds. The van der Waals surface area contributed by atoms with Crippen molar-refractivity contribution in [2.45, 2.75) is 95.1 Å². The number of nitriles is 1. The molecular weight excluding hydrogens is 501 g/mol. The molecule has 1 aliphatic carbocycles. The van der Waals surface area contributed by atoms with Gasteiger partial charge in [0, 0.05) is 25.7 Å². The molecule has 1 saturated carbocycles. The number of hydrogen-bond acceptors (Lipinski definition) is 6. The van der Waals surface area contributed by atoms with Crippen LogP contribution in [-0.2, 0) is 14.3 Å². The number of alkyl carbamates (subject to hydrolysis) is 1. The van der Waals surface area contributed by atoms with Crippen molar-refractivity contribution < 1.29 is 23.5 Å². The van der Waals surface area contributed by atoms with Gasteiger partial charge in [0.15, 0.2) is 0 Å². The van der Waals surface area contributed by atoms with Gasteiger partial charge in [-0.3, -0.25) is 14.5 Å². The molecular formula is C29H38FN5O4. The number of benzene rings is 1. The van der Waals surface area contributed by atoms with Crippen LogP contribution in [0.4, 0.5) is 9.18 Å². The molecule has 9 nitrogen and oxygen atoms in total. The zero-order chi connectivity index (χ0) is 27.9. The summed E-state index contributed by atoms with van der Waals surface area (Å²) in [5.41, 5.74) is 0.227. The van der Waals surface area contributed by atoms with Gasteiger partial charge in [0.2, 0.25) is 11.8 Å². The van der Waals surface area contributed by atoms with E-state index >= 15 is 0 Å². The Bertz CT molecular complexity index is 1140. The molecule has 4 fully saturated rings. The van der Waals surface area contributed by atoms with Gasteiger partial charge < -0.3 is 19.9 Å². The van der Waals surface area contributed by atoms with Crippen LogP contribution in [-0.4, -0.2) is 82.0 Å². The number of rotatable bonds is 7. The molecule has 0 aromatic heterocycles. The molecule has 0 radical (unpaired) electrons. The van der Waals surface area contributed by atoms with Crippen molar-refractivity contribution >= 4 is 17.9 Å². The van der Waals surface area contributed by atoms with Gasteiger partial charge in [0.1, 0.15) is 23.5 Å². The minimum atomic E-state index is -0.936. The maximum Gasteiger partial charge on any atom is 0.408 e. The molecule has 4 aliphatic rings. The fraction of sp³-hybridized carbons (Fsp3) is 0.655. The van der Waals surface area contributed by atoms with Crippen molar-refractivity contribution in [3.63, 3.8) is 0 Å². The normalized spacial score (nSPS) is 26.7. The lowest BCUT2D eigenvalue weighted by molar-refractivity contribution is -0.143. The van der Waals surface area contributed by atoms with Gasteiger partial charge in [-0.05, 0) is 76.5 Å². The second-order valence-corrected chi connectivity index (χ2v) is 12.3. The van der Waals surface area contributed by atoms with Crippen molar-refractivity contribution in [3.8, 4) is 6.07 Å². The number of likely N-dealkylation sites (tertiary alicyclic amines) is 3. The molecule has 3 aliphatic heterocycles. The fourth-order valence-electron chi connectivity index (χ4n) is 6.57. The number of amides is 3. The van der Waals surface area contributed by atoms with E-state index in [-0.39, 0.29) is 42.3 Å². The number of hydrogen-bond donors (Lipinski definition) is 1. The van der Waals surface area contributed by atoms with E-state index < -0.39 is 23.8 Å². The number of fused-ring (bicyclic) bond motifs is 2. The Labute approximate surface area is 229 Å². The Morgan fingerprint density at radius 2 is 1.90 bits per heavy atom. The molecule has 3 heterocycles. The lowest BCUT2D eigenvalue weighted by Gasteiger charge is -2.45. The first-order chi connectivity index (χ1) is 18.6. The van der Waals surface area contributed by atoms with E-state index in [0.717, 1.165) is 31.2 Å². The van der Waals surface area contributed by atoms with Crippen molar-refractivity contribution in [3.05, 3.63) is 35.6 Å². The van der Waals surface area contributed by atoms with Gasteiger partial charge in [-0.25, -0.2) is 9.18 Å². The van der Waals surface area contributed by atoms with E-state index in [1.165, 1.54) is 17.0 Å². The van der Waals surface area contributed by atoms with Gasteiger partial charge in [-0.15, -0.1) is 0 Å². The number of halogens is 1. The van der Waals surface area contributed by atoms with Crippen LogP contribution in [0.3, 0.4) is 0 Å². The third-order valence-electron chi connectivity index (χ3n) is 8.51. The SMILES string of the molecule is CC(C)(C)OC(=O)N[C@@H](CN1C[C@H]2C[C@@H]1C(=O)N2[C@H](c1ccc(F)cc1)C1CCC1)C(=O)N1CCC[C@H]1C#N. The second-order valence-electron chi connectivity index (χ2n) is 12.3. The Kier molecular flexibility index (Phi) is 7.55. The average Bonchev–Trinajstić information content (AvgIpc) is 3.55. The highest BCUT2D eigenvalue weighted by molar-refractivity contribution is 5.88. The van der Waals surface area contributed by atoms with E-state index in [2.05, 4.69) is 11.4 Å². The number of nitrogens with one attached hydrogen (secondary N) is 1. The summed E-state index contributed by atoms with van der Waals surface area (Å²) in [4.78, 5) is 45.6. The highest BCUT2D eigenvalue weighted by Gasteiger charge is 2.54. The molecule has 39 heavy (non-hydrogen) atoms. The zero-order valence-electron chi connectivity index (χ0n) is 22.9. The van der Waals surface area contributed by atoms with Crippen LogP contribution in [0.2, 0.25) is 0 Å². The van der Waals surface area contributed by atoms with Crippen LogP contribution >= 0.6 is 0 Å². The largest absolute Gasteiger partial charge is 0.444 e. The number of carbonyl (C=O) groups excluding carboxylic acids is 3. The lowest BCUT2D eigenvalue weighted by Crippen LogP contribution is -2.59.